The zero-order valence-electron chi connectivity index (χ0n) is 14.3. The van der Waals surface area contributed by atoms with Crippen LogP contribution in [0.1, 0.15) is 49.9 Å². The Kier molecular flexibility index (Phi) is 6.74. The van der Waals surface area contributed by atoms with Crippen LogP contribution in [0.4, 0.5) is 11.8 Å². The van der Waals surface area contributed by atoms with E-state index in [-0.39, 0.29) is 18.2 Å². The number of carbonyl (C=O) groups excluding carboxylic acids is 1. The van der Waals surface area contributed by atoms with Crippen LogP contribution in [0.2, 0.25) is 0 Å². The number of nitrogens with zero attached hydrogens (tertiary/aromatic N) is 2. The van der Waals surface area contributed by atoms with Gasteiger partial charge in [0.1, 0.15) is 5.82 Å². The van der Waals surface area contributed by atoms with Crippen LogP contribution in [0, 0.1) is 0 Å². The first-order chi connectivity index (χ1) is 11.5. The van der Waals surface area contributed by atoms with Gasteiger partial charge in [-0.15, -0.1) is 0 Å². The monoisotopic (exact) mass is 337 g/mol. The molecule has 0 aromatic carbocycles. The zero-order chi connectivity index (χ0) is 17.5. The van der Waals surface area contributed by atoms with Crippen LogP contribution in [0.3, 0.4) is 0 Å². The smallest absolute Gasteiger partial charge is 0.254 e. The number of rotatable bonds is 8. The maximum atomic E-state index is 11.5. The van der Waals surface area contributed by atoms with Crippen LogP contribution in [0.5, 0.6) is 0 Å². The fourth-order valence-electron chi connectivity index (χ4n) is 2.80. The maximum absolute atomic E-state index is 11.5. The molecule has 1 aliphatic carbocycles. The minimum atomic E-state index is -0.605. The van der Waals surface area contributed by atoms with Crippen molar-refractivity contribution in [3.63, 3.8) is 0 Å². The van der Waals surface area contributed by atoms with Crippen molar-refractivity contribution in [2.75, 3.05) is 23.8 Å². The van der Waals surface area contributed by atoms with E-state index in [1.165, 1.54) is 6.20 Å². The molecule has 1 aliphatic rings. The second-order valence-corrected chi connectivity index (χ2v) is 6.12. The number of nitrogens with one attached hydrogen (secondary N) is 2. The number of hydrogen-bond donors (Lipinski definition) is 4. The molecule has 0 aliphatic heterocycles. The lowest BCUT2D eigenvalue weighted by atomic mass is 9.93. The Labute approximate surface area is 142 Å². The van der Waals surface area contributed by atoms with Crippen molar-refractivity contribution in [2.24, 2.45) is 5.73 Å². The van der Waals surface area contributed by atoms with Gasteiger partial charge >= 0.3 is 0 Å². The number of amides is 1. The van der Waals surface area contributed by atoms with Crippen LogP contribution in [-0.2, 0) is 4.74 Å². The summed E-state index contributed by atoms with van der Waals surface area (Å²) in [6, 6.07) is 0.283. The number of nitrogens with two attached hydrogens (primary N) is 1. The van der Waals surface area contributed by atoms with Gasteiger partial charge in [-0.1, -0.05) is 0 Å². The normalized spacial score (nSPS) is 22.0. The van der Waals surface area contributed by atoms with E-state index in [0.29, 0.717) is 17.9 Å². The summed E-state index contributed by atoms with van der Waals surface area (Å²) in [4.78, 5) is 20.0. The van der Waals surface area contributed by atoms with E-state index in [9.17, 15) is 9.90 Å². The molecule has 0 spiro atoms. The third kappa shape index (κ3) is 5.31. The highest BCUT2D eigenvalue weighted by atomic mass is 16.5. The Morgan fingerprint density at radius 1 is 1.46 bits per heavy atom. The molecule has 1 aromatic rings. The first kappa shape index (κ1) is 18.4. The van der Waals surface area contributed by atoms with E-state index in [1.807, 2.05) is 6.92 Å². The molecule has 1 fully saturated rings. The third-order valence-corrected chi connectivity index (χ3v) is 4.03. The molecule has 1 unspecified atom stereocenters. The largest absolute Gasteiger partial charge is 0.392 e. The molecule has 2 rings (SSSR count). The third-order valence-electron chi connectivity index (χ3n) is 4.03. The van der Waals surface area contributed by atoms with Gasteiger partial charge in [0.25, 0.3) is 5.91 Å². The molecule has 1 saturated carbocycles. The SMILES string of the molecule is CCO[C@H]1CC[C@H](Nc2ncc(C(N)=O)c(NCC(C)O)n2)CC1. The molecule has 24 heavy (non-hydrogen) atoms. The van der Waals surface area contributed by atoms with Crippen molar-refractivity contribution in [2.45, 2.75) is 57.8 Å². The number of primary amides is 1. The summed E-state index contributed by atoms with van der Waals surface area (Å²) in [7, 11) is 0. The number of hydrogen-bond acceptors (Lipinski definition) is 7. The van der Waals surface area contributed by atoms with Crippen molar-refractivity contribution < 1.29 is 14.6 Å². The summed E-state index contributed by atoms with van der Waals surface area (Å²) in [5.74, 6) is 0.184. The van der Waals surface area contributed by atoms with E-state index in [1.54, 1.807) is 6.92 Å². The van der Waals surface area contributed by atoms with Crippen molar-refractivity contribution in [1.82, 2.24) is 9.97 Å². The van der Waals surface area contributed by atoms with E-state index in [0.717, 1.165) is 32.3 Å². The summed E-state index contributed by atoms with van der Waals surface area (Å²) >= 11 is 0. The Balaban J connectivity index is 2.00. The number of ether oxygens (including phenoxy) is 1. The molecule has 134 valence electrons. The minimum Gasteiger partial charge on any atom is -0.392 e. The van der Waals surface area contributed by atoms with E-state index in [4.69, 9.17) is 10.5 Å². The summed E-state index contributed by atoms with van der Waals surface area (Å²) in [5, 5.41) is 15.6. The molecule has 8 heteroatoms. The van der Waals surface area contributed by atoms with Gasteiger partial charge in [0.2, 0.25) is 5.95 Å². The molecule has 1 amide bonds. The van der Waals surface area contributed by atoms with Gasteiger partial charge in [0, 0.05) is 25.4 Å². The lowest BCUT2D eigenvalue weighted by Crippen LogP contribution is -2.30. The van der Waals surface area contributed by atoms with Gasteiger partial charge < -0.3 is 26.2 Å². The quantitative estimate of drug-likeness (QED) is 0.561. The van der Waals surface area contributed by atoms with Gasteiger partial charge in [-0.3, -0.25) is 4.79 Å². The highest BCUT2D eigenvalue weighted by Crippen LogP contribution is 2.24. The first-order valence-corrected chi connectivity index (χ1v) is 8.46. The van der Waals surface area contributed by atoms with Gasteiger partial charge in [0.15, 0.2) is 0 Å². The summed E-state index contributed by atoms with van der Waals surface area (Å²) in [6.45, 7) is 4.68. The fourth-order valence-corrected chi connectivity index (χ4v) is 2.80. The minimum absolute atomic E-state index is 0.209. The molecule has 0 saturated heterocycles. The number of aromatic nitrogens is 2. The van der Waals surface area contributed by atoms with Gasteiger partial charge in [-0.25, -0.2) is 4.98 Å². The van der Waals surface area contributed by atoms with Gasteiger partial charge in [-0.2, -0.15) is 4.98 Å². The highest BCUT2D eigenvalue weighted by Gasteiger charge is 2.22. The Morgan fingerprint density at radius 2 is 2.17 bits per heavy atom. The van der Waals surface area contributed by atoms with Crippen molar-refractivity contribution in [1.29, 1.82) is 0 Å². The van der Waals surface area contributed by atoms with E-state index < -0.39 is 12.0 Å². The van der Waals surface area contributed by atoms with Crippen LogP contribution < -0.4 is 16.4 Å². The van der Waals surface area contributed by atoms with Gasteiger partial charge in [0.05, 0.1) is 17.8 Å². The van der Waals surface area contributed by atoms with Crippen LogP contribution in [0.25, 0.3) is 0 Å². The number of anilines is 2. The topological polar surface area (TPSA) is 122 Å². The zero-order valence-corrected chi connectivity index (χ0v) is 14.3. The van der Waals surface area contributed by atoms with Crippen molar-refractivity contribution >= 4 is 17.7 Å². The average Bonchev–Trinajstić information content (AvgIpc) is 2.55. The predicted molar refractivity (Wildman–Crippen MR) is 92.0 cm³/mol. The number of carbonyl (C=O) groups is 1. The standard InChI is InChI=1S/C16H27N5O3/c1-3-24-12-6-4-11(5-7-12)20-16-19-9-13(14(17)23)15(21-16)18-8-10(2)22/h9-12,22H,3-8H2,1-2H3,(H2,17,23)(H2,18,19,20,21)/t10?,11-,12-. The molecule has 1 aromatic heterocycles. The molecular formula is C16H27N5O3. The van der Waals surface area contributed by atoms with E-state index >= 15 is 0 Å². The van der Waals surface area contributed by atoms with Crippen LogP contribution in [0.15, 0.2) is 6.20 Å². The predicted octanol–water partition coefficient (Wildman–Crippen LogP) is 1.13. The first-order valence-electron chi connectivity index (χ1n) is 8.46. The highest BCUT2D eigenvalue weighted by molar-refractivity contribution is 5.97. The summed E-state index contributed by atoms with van der Waals surface area (Å²) in [5.41, 5.74) is 5.55. The molecule has 0 radical (unpaired) electrons. The van der Waals surface area contributed by atoms with Crippen LogP contribution >= 0.6 is 0 Å². The van der Waals surface area contributed by atoms with E-state index in [2.05, 4.69) is 20.6 Å². The molecular weight excluding hydrogens is 310 g/mol. The van der Waals surface area contributed by atoms with Crippen LogP contribution in [-0.4, -0.2) is 52.4 Å². The summed E-state index contributed by atoms with van der Waals surface area (Å²) < 4.78 is 5.65. The fraction of sp³-hybridized carbons (Fsp3) is 0.688. The maximum Gasteiger partial charge on any atom is 0.254 e. The molecule has 1 atom stereocenters. The molecule has 8 nitrogen and oxygen atoms in total. The average molecular weight is 337 g/mol. The van der Waals surface area contributed by atoms with Crippen molar-refractivity contribution in [3.8, 4) is 0 Å². The molecule has 0 bridgehead atoms. The lowest BCUT2D eigenvalue weighted by molar-refractivity contribution is 0.0346. The van der Waals surface area contributed by atoms with Crippen molar-refractivity contribution in [3.05, 3.63) is 11.8 Å². The van der Waals surface area contributed by atoms with Gasteiger partial charge in [-0.05, 0) is 39.5 Å². The number of aliphatic hydroxyl groups is 1. The second-order valence-electron chi connectivity index (χ2n) is 6.12. The Hall–Kier alpha value is -1.93. The number of aliphatic hydroxyl groups excluding tert-OH is 1. The Bertz CT molecular complexity index is 545. The summed E-state index contributed by atoms with van der Waals surface area (Å²) in [6.07, 6.45) is 5.19. The Morgan fingerprint density at radius 3 is 2.75 bits per heavy atom. The molecule has 1 heterocycles. The second kappa shape index (κ2) is 8.79. The molecule has 5 N–H and O–H groups in total. The lowest BCUT2D eigenvalue weighted by Gasteiger charge is -2.29.